The lowest BCUT2D eigenvalue weighted by Crippen LogP contribution is -2.35. The minimum atomic E-state index is -0.230. The van der Waals surface area contributed by atoms with Crippen LogP contribution in [0.15, 0.2) is 67.0 Å². The first-order valence-corrected chi connectivity index (χ1v) is 10.4. The molecule has 2 aliphatic rings. The maximum atomic E-state index is 6.40. The Morgan fingerprint density at radius 2 is 1.79 bits per heavy atom. The van der Waals surface area contributed by atoms with Gasteiger partial charge in [-0.3, -0.25) is 4.98 Å². The molecule has 2 aromatic rings. The number of pyridine rings is 1. The molecule has 1 aromatic heterocycles. The topological polar surface area (TPSA) is 31.4 Å². The predicted molar refractivity (Wildman–Crippen MR) is 113 cm³/mol. The van der Waals surface area contributed by atoms with Crippen molar-refractivity contribution in [3.8, 4) is 11.5 Å². The average molecular weight is 376 g/mol. The molecule has 1 unspecified atom stereocenters. The van der Waals surface area contributed by atoms with E-state index in [-0.39, 0.29) is 5.41 Å². The van der Waals surface area contributed by atoms with Crippen LogP contribution in [-0.2, 0) is 5.41 Å². The fourth-order valence-corrected chi connectivity index (χ4v) is 4.77. The first kappa shape index (κ1) is 18.8. The number of benzene rings is 1. The summed E-state index contributed by atoms with van der Waals surface area (Å²) in [7, 11) is 1.72. The van der Waals surface area contributed by atoms with Crippen molar-refractivity contribution in [2.24, 2.45) is 5.92 Å². The van der Waals surface area contributed by atoms with Crippen LogP contribution in [0.3, 0.4) is 0 Å². The molecule has 0 spiro atoms. The molecule has 1 saturated carbocycles. The third kappa shape index (κ3) is 3.34. The highest BCUT2D eigenvalue weighted by Crippen LogP contribution is 2.47. The fraction of sp³-hybridized carbons (Fsp3) is 0.400. The summed E-state index contributed by atoms with van der Waals surface area (Å²) in [4.78, 5) is 4.24. The van der Waals surface area contributed by atoms with Crippen LogP contribution in [-0.4, -0.2) is 18.2 Å². The molecule has 0 radical (unpaired) electrons. The van der Waals surface area contributed by atoms with Crippen molar-refractivity contribution >= 4 is 0 Å². The van der Waals surface area contributed by atoms with Crippen LogP contribution in [0, 0.1) is 5.92 Å². The number of hydrogen-bond donors (Lipinski definition) is 0. The van der Waals surface area contributed by atoms with Gasteiger partial charge in [-0.2, -0.15) is 0 Å². The number of hydrogen-bond acceptors (Lipinski definition) is 3. The van der Waals surface area contributed by atoms with E-state index in [1.807, 2.05) is 12.4 Å². The van der Waals surface area contributed by atoms with Gasteiger partial charge in [0.15, 0.2) is 11.5 Å². The van der Waals surface area contributed by atoms with E-state index in [1.54, 1.807) is 7.11 Å². The lowest BCUT2D eigenvalue weighted by molar-refractivity contribution is 0.200. The quantitative estimate of drug-likeness (QED) is 0.635. The van der Waals surface area contributed by atoms with Gasteiger partial charge in [-0.05, 0) is 73.4 Å². The number of ether oxygens (including phenoxy) is 2. The van der Waals surface area contributed by atoms with Crippen LogP contribution in [0.4, 0.5) is 0 Å². The molecule has 28 heavy (non-hydrogen) atoms. The molecule has 0 amide bonds. The number of allylic oxidation sites excluding steroid dienone is 4. The molecule has 0 aliphatic heterocycles. The molecular weight excluding hydrogens is 346 g/mol. The summed E-state index contributed by atoms with van der Waals surface area (Å²) in [6.45, 7) is 2.25. The molecule has 3 heteroatoms. The highest BCUT2D eigenvalue weighted by atomic mass is 16.5. The van der Waals surface area contributed by atoms with Gasteiger partial charge in [0.25, 0.3) is 0 Å². The highest BCUT2D eigenvalue weighted by molar-refractivity contribution is 5.54. The molecule has 1 fully saturated rings. The van der Waals surface area contributed by atoms with Gasteiger partial charge in [-0.25, -0.2) is 0 Å². The minimum Gasteiger partial charge on any atom is -0.493 e. The van der Waals surface area contributed by atoms with Crippen LogP contribution in [0.1, 0.15) is 50.2 Å². The van der Waals surface area contributed by atoms with Crippen molar-refractivity contribution in [2.75, 3.05) is 7.11 Å². The molecule has 1 aromatic carbocycles. The maximum Gasteiger partial charge on any atom is 0.161 e. The molecule has 2 atom stereocenters. The van der Waals surface area contributed by atoms with E-state index in [4.69, 9.17) is 9.47 Å². The molecule has 3 nitrogen and oxygen atoms in total. The van der Waals surface area contributed by atoms with Crippen molar-refractivity contribution in [3.63, 3.8) is 0 Å². The zero-order valence-corrected chi connectivity index (χ0v) is 16.8. The van der Waals surface area contributed by atoms with Crippen LogP contribution in [0.2, 0.25) is 0 Å². The van der Waals surface area contributed by atoms with E-state index in [0.29, 0.717) is 12.0 Å². The van der Waals surface area contributed by atoms with E-state index >= 15 is 0 Å². The van der Waals surface area contributed by atoms with E-state index < -0.39 is 0 Å². The lowest BCUT2D eigenvalue weighted by Gasteiger charge is -2.40. The number of rotatable bonds is 6. The smallest absolute Gasteiger partial charge is 0.161 e. The monoisotopic (exact) mass is 375 g/mol. The van der Waals surface area contributed by atoms with Crippen molar-refractivity contribution in [2.45, 2.75) is 50.5 Å². The Kier molecular flexibility index (Phi) is 5.52. The summed E-state index contributed by atoms with van der Waals surface area (Å²) in [5, 5.41) is 0. The summed E-state index contributed by atoms with van der Waals surface area (Å²) in [6.07, 6.45) is 18.8. The summed E-state index contributed by atoms with van der Waals surface area (Å²) < 4.78 is 12.0. The SMILES string of the molecule is CC[C@@H]1C=CC=CC1(c1ccncc1)c1ccc(OC)c(OC2CCCC2)c1. The summed E-state index contributed by atoms with van der Waals surface area (Å²) >= 11 is 0. The third-order valence-electron chi connectivity index (χ3n) is 6.23. The normalized spacial score (nSPS) is 24.4. The van der Waals surface area contributed by atoms with Gasteiger partial charge in [0.2, 0.25) is 0 Å². The molecule has 1 heterocycles. The molecule has 4 rings (SSSR count). The second-order valence-corrected chi connectivity index (χ2v) is 7.75. The zero-order valence-electron chi connectivity index (χ0n) is 16.8. The Bertz CT molecular complexity index is 852. The van der Waals surface area contributed by atoms with E-state index in [0.717, 1.165) is 30.8 Å². The molecule has 0 bridgehead atoms. The Balaban J connectivity index is 1.82. The Morgan fingerprint density at radius 1 is 1.00 bits per heavy atom. The van der Waals surface area contributed by atoms with Gasteiger partial charge in [0.05, 0.1) is 13.2 Å². The molecule has 0 saturated heterocycles. The van der Waals surface area contributed by atoms with Gasteiger partial charge in [-0.15, -0.1) is 0 Å². The number of nitrogens with zero attached hydrogens (tertiary/aromatic N) is 1. The Labute approximate surface area is 168 Å². The predicted octanol–water partition coefficient (Wildman–Crippen LogP) is 5.85. The highest BCUT2D eigenvalue weighted by Gasteiger charge is 2.39. The van der Waals surface area contributed by atoms with Crippen LogP contribution in [0.5, 0.6) is 11.5 Å². The van der Waals surface area contributed by atoms with Crippen molar-refractivity contribution in [1.82, 2.24) is 4.98 Å². The number of methoxy groups -OCH3 is 1. The van der Waals surface area contributed by atoms with Crippen LogP contribution >= 0.6 is 0 Å². The summed E-state index contributed by atoms with van der Waals surface area (Å²) in [5.41, 5.74) is 2.26. The Morgan fingerprint density at radius 3 is 2.50 bits per heavy atom. The molecule has 2 aliphatic carbocycles. The van der Waals surface area contributed by atoms with Crippen LogP contribution < -0.4 is 9.47 Å². The zero-order chi connectivity index (χ0) is 19.4. The van der Waals surface area contributed by atoms with Crippen molar-refractivity contribution in [3.05, 3.63) is 78.2 Å². The van der Waals surface area contributed by atoms with E-state index in [1.165, 1.54) is 24.0 Å². The van der Waals surface area contributed by atoms with E-state index in [9.17, 15) is 0 Å². The first-order valence-electron chi connectivity index (χ1n) is 10.4. The molecule has 0 N–H and O–H groups in total. The number of aromatic nitrogens is 1. The maximum absolute atomic E-state index is 6.40. The van der Waals surface area contributed by atoms with Gasteiger partial charge >= 0.3 is 0 Å². The van der Waals surface area contributed by atoms with Gasteiger partial charge in [-0.1, -0.05) is 37.3 Å². The first-order chi connectivity index (χ1) is 13.8. The minimum absolute atomic E-state index is 0.230. The molecular formula is C25H29NO2. The van der Waals surface area contributed by atoms with Crippen LogP contribution in [0.25, 0.3) is 0 Å². The standard InChI is InChI=1S/C25H29NO2/c1-3-19-8-6-7-15-25(19,20-13-16-26-17-14-20)21-11-12-23(27-2)24(18-21)28-22-9-4-5-10-22/h6-8,11-19,22H,3-5,9-10H2,1-2H3/t19-,25?/m1/s1. The van der Waals surface area contributed by atoms with Gasteiger partial charge < -0.3 is 9.47 Å². The second-order valence-electron chi connectivity index (χ2n) is 7.75. The van der Waals surface area contributed by atoms with Crippen molar-refractivity contribution in [1.29, 1.82) is 0 Å². The Hall–Kier alpha value is -2.55. The lowest BCUT2D eigenvalue weighted by atomic mass is 9.63. The average Bonchev–Trinajstić information content (AvgIpc) is 3.27. The summed E-state index contributed by atoms with van der Waals surface area (Å²) in [6, 6.07) is 10.7. The second kappa shape index (κ2) is 8.22. The summed E-state index contributed by atoms with van der Waals surface area (Å²) in [5.74, 6) is 2.04. The third-order valence-corrected chi connectivity index (χ3v) is 6.23. The van der Waals surface area contributed by atoms with Gasteiger partial charge in [0, 0.05) is 17.8 Å². The van der Waals surface area contributed by atoms with Crippen molar-refractivity contribution < 1.29 is 9.47 Å². The van der Waals surface area contributed by atoms with E-state index in [2.05, 4.69) is 66.5 Å². The largest absolute Gasteiger partial charge is 0.493 e. The molecule has 146 valence electrons. The van der Waals surface area contributed by atoms with Gasteiger partial charge in [0.1, 0.15) is 0 Å². The fourth-order valence-electron chi connectivity index (χ4n) is 4.77.